The first kappa shape index (κ1) is 19.1. The van der Waals surface area contributed by atoms with Crippen molar-refractivity contribution in [2.24, 2.45) is 0 Å². The molecule has 0 bridgehead atoms. The summed E-state index contributed by atoms with van der Waals surface area (Å²) >= 11 is 0. The topological polar surface area (TPSA) is 75.3 Å². The third-order valence-corrected chi connectivity index (χ3v) is 5.34. The Morgan fingerprint density at radius 1 is 1.12 bits per heavy atom. The highest BCUT2D eigenvalue weighted by Crippen LogP contribution is 2.13. The molecule has 0 spiro atoms. The fourth-order valence-electron chi connectivity index (χ4n) is 2.30. The fraction of sp³-hybridized carbons (Fsp3) is 0.316. The van der Waals surface area contributed by atoms with Gasteiger partial charge in [0, 0.05) is 18.2 Å². The van der Waals surface area contributed by atoms with Gasteiger partial charge in [0.25, 0.3) is 5.91 Å². The number of rotatable bonds is 7. The number of hydrogen-bond acceptors (Lipinski definition) is 3. The largest absolute Gasteiger partial charge is 0.350 e. The summed E-state index contributed by atoms with van der Waals surface area (Å²) in [5.74, 6) is -0.273. The van der Waals surface area contributed by atoms with Crippen LogP contribution in [0.5, 0.6) is 0 Å². The minimum Gasteiger partial charge on any atom is -0.350 e. The number of aryl methyl sites for hydroxylation is 1. The molecule has 6 heteroatoms. The molecule has 0 heterocycles. The number of carbonyl (C=O) groups excluding carboxylic acids is 1. The summed E-state index contributed by atoms with van der Waals surface area (Å²) in [6, 6.07) is 13.7. The Bertz CT molecular complexity index is 847. The normalized spacial score (nSPS) is 12.6. The van der Waals surface area contributed by atoms with Crippen LogP contribution in [0, 0.1) is 6.92 Å². The lowest BCUT2D eigenvalue weighted by Crippen LogP contribution is -2.32. The monoisotopic (exact) mass is 360 g/mol. The molecule has 134 valence electrons. The van der Waals surface area contributed by atoms with Gasteiger partial charge in [0.05, 0.1) is 4.90 Å². The molecule has 0 aliphatic heterocycles. The zero-order valence-corrected chi connectivity index (χ0v) is 15.6. The van der Waals surface area contributed by atoms with Crippen LogP contribution in [0.2, 0.25) is 0 Å². The van der Waals surface area contributed by atoms with E-state index in [-0.39, 0.29) is 23.4 Å². The minimum absolute atomic E-state index is 0.0345. The van der Waals surface area contributed by atoms with Crippen molar-refractivity contribution in [3.8, 4) is 0 Å². The highest BCUT2D eigenvalue weighted by atomic mass is 32.2. The Kier molecular flexibility index (Phi) is 6.33. The molecule has 2 N–H and O–H groups in total. The van der Waals surface area contributed by atoms with Gasteiger partial charge in [-0.05, 0) is 44.0 Å². The van der Waals surface area contributed by atoms with E-state index in [1.54, 1.807) is 12.1 Å². The first-order valence-corrected chi connectivity index (χ1v) is 9.76. The maximum absolute atomic E-state index is 12.5. The zero-order valence-electron chi connectivity index (χ0n) is 14.7. The van der Waals surface area contributed by atoms with E-state index >= 15 is 0 Å². The molecule has 25 heavy (non-hydrogen) atoms. The van der Waals surface area contributed by atoms with Crippen LogP contribution in [0.4, 0.5) is 0 Å². The summed E-state index contributed by atoms with van der Waals surface area (Å²) in [6.45, 7) is 6.04. The third-order valence-electron chi connectivity index (χ3n) is 3.95. The van der Waals surface area contributed by atoms with Gasteiger partial charge in [0.15, 0.2) is 0 Å². The van der Waals surface area contributed by atoms with Crippen LogP contribution in [-0.4, -0.2) is 20.4 Å². The highest BCUT2D eigenvalue weighted by Gasteiger charge is 2.16. The average Bonchev–Trinajstić information content (AvgIpc) is 2.60. The van der Waals surface area contributed by atoms with Gasteiger partial charge in [0.2, 0.25) is 10.0 Å². The summed E-state index contributed by atoms with van der Waals surface area (Å²) in [5.41, 5.74) is 2.29. The summed E-state index contributed by atoms with van der Waals surface area (Å²) in [4.78, 5) is 12.3. The van der Waals surface area contributed by atoms with Crippen molar-refractivity contribution in [3.05, 3.63) is 65.2 Å². The number of sulfonamides is 1. The molecule has 0 fully saturated rings. The van der Waals surface area contributed by atoms with Crippen molar-refractivity contribution < 1.29 is 13.2 Å². The molecule has 1 unspecified atom stereocenters. The van der Waals surface area contributed by atoms with Gasteiger partial charge in [-0.15, -0.1) is 0 Å². The second-order valence-electron chi connectivity index (χ2n) is 6.12. The molecule has 0 aliphatic rings. The minimum atomic E-state index is -3.69. The Hall–Kier alpha value is -2.18. The van der Waals surface area contributed by atoms with Crippen LogP contribution >= 0.6 is 0 Å². The second-order valence-corrected chi connectivity index (χ2v) is 7.89. The van der Waals surface area contributed by atoms with Crippen molar-refractivity contribution in [1.29, 1.82) is 0 Å². The third kappa shape index (κ3) is 5.41. The molecule has 1 amide bonds. The van der Waals surface area contributed by atoms with E-state index in [0.29, 0.717) is 5.56 Å². The first-order valence-electron chi connectivity index (χ1n) is 8.28. The van der Waals surface area contributed by atoms with Gasteiger partial charge in [0.1, 0.15) is 0 Å². The lowest BCUT2D eigenvalue weighted by Gasteiger charge is -2.12. The molecular formula is C19H24N2O3S. The summed E-state index contributed by atoms with van der Waals surface area (Å²) in [6.07, 6.45) is 0.807. The Labute approximate surface area is 149 Å². The molecule has 0 aromatic heterocycles. The SMILES string of the molecule is CCC(C)NC(=O)c1cccc(S(=O)(=O)NCc2cccc(C)c2)c1. The van der Waals surface area contributed by atoms with Gasteiger partial charge in [-0.25, -0.2) is 13.1 Å². The van der Waals surface area contributed by atoms with E-state index in [4.69, 9.17) is 0 Å². The van der Waals surface area contributed by atoms with Crippen molar-refractivity contribution in [3.63, 3.8) is 0 Å². The number of nitrogens with one attached hydrogen (secondary N) is 2. The maximum Gasteiger partial charge on any atom is 0.251 e. The van der Waals surface area contributed by atoms with E-state index < -0.39 is 10.0 Å². The van der Waals surface area contributed by atoms with E-state index in [2.05, 4.69) is 10.0 Å². The molecule has 0 saturated heterocycles. The van der Waals surface area contributed by atoms with Crippen LogP contribution in [0.15, 0.2) is 53.4 Å². The predicted octanol–water partition coefficient (Wildman–Crippen LogP) is 3.00. The molecule has 0 aliphatic carbocycles. The Morgan fingerprint density at radius 3 is 2.52 bits per heavy atom. The summed E-state index contributed by atoms with van der Waals surface area (Å²) in [7, 11) is -3.69. The molecule has 1 atom stereocenters. The van der Waals surface area contributed by atoms with Crippen LogP contribution in [-0.2, 0) is 16.6 Å². The lowest BCUT2D eigenvalue weighted by atomic mass is 10.1. The fourth-order valence-corrected chi connectivity index (χ4v) is 3.36. The van der Waals surface area contributed by atoms with E-state index in [0.717, 1.165) is 17.5 Å². The lowest BCUT2D eigenvalue weighted by molar-refractivity contribution is 0.0939. The van der Waals surface area contributed by atoms with Crippen molar-refractivity contribution >= 4 is 15.9 Å². The predicted molar refractivity (Wildman–Crippen MR) is 98.9 cm³/mol. The van der Waals surface area contributed by atoms with Crippen LogP contribution in [0.3, 0.4) is 0 Å². The van der Waals surface area contributed by atoms with Crippen LogP contribution in [0.25, 0.3) is 0 Å². The van der Waals surface area contributed by atoms with Gasteiger partial charge in [-0.1, -0.05) is 42.8 Å². The van der Waals surface area contributed by atoms with Crippen LogP contribution in [0.1, 0.15) is 41.8 Å². The zero-order chi connectivity index (χ0) is 18.4. The van der Waals surface area contributed by atoms with E-state index in [1.165, 1.54) is 12.1 Å². The van der Waals surface area contributed by atoms with Gasteiger partial charge in [-0.3, -0.25) is 4.79 Å². The summed E-state index contributed by atoms with van der Waals surface area (Å²) in [5, 5.41) is 2.83. The number of hydrogen-bond donors (Lipinski definition) is 2. The summed E-state index contributed by atoms with van der Waals surface area (Å²) < 4.78 is 27.6. The number of carbonyl (C=O) groups is 1. The van der Waals surface area contributed by atoms with Crippen molar-refractivity contribution in [1.82, 2.24) is 10.0 Å². The molecule has 2 aromatic rings. The molecule has 0 saturated carbocycles. The molecular weight excluding hydrogens is 336 g/mol. The van der Waals surface area contributed by atoms with Gasteiger partial charge >= 0.3 is 0 Å². The molecule has 0 radical (unpaired) electrons. The standard InChI is InChI=1S/C19H24N2O3S/c1-4-15(3)21-19(22)17-9-6-10-18(12-17)25(23,24)20-13-16-8-5-7-14(2)11-16/h5-12,15,20H,4,13H2,1-3H3,(H,21,22). The Morgan fingerprint density at radius 2 is 1.84 bits per heavy atom. The highest BCUT2D eigenvalue weighted by molar-refractivity contribution is 7.89. The molecule has 2 rings (SSSR count). The maximum atomic E-state index is 12.5. The van der Waals surface area contributed by atoms with E-state index in [9.17, 15) is 13.2 Å². The van der Waals surface area contributed by atoms with Crippen molar-refractivity contribution in [2.45, 2.75) is 44.7 Å². The average molecular weight is 360 g/mol. The van der Waals surface area contributed by atoms with Crippen LogP contribution < -0.4 is 10.0 Å². The quantitative estimate of drug-likeness (QED) is 0.797. The van der Waals surface area contributed by atoms with Gasteiger partial charge in [-0.2, -0.15) is 0 Å². The molecule has 2 aromatic carbocycles. The second kappa shape index (κ2) is 8.27. The smallest absolute Gasteiger partial charge is 0.251 e. The van der Waals surface area contributed by atoms with E-state index in [1.807, 2.05) is 45.0 Å². The number of amides is 1. The molecule has 5 nitrogen and oxygen atoms in total. The number of benzene rings is 2. The Balaban J connectivity index is 2.13. The van der Waals surface area contributed by atoms with Crippen molar-refractivity contribution in [2.75, 3.05) is 0 Å². The first-order chi connectivity index (χ1) is 11.8. The van der Waals surface area contributed by atoms with Gasteiger partial charge < -0.3 is 5.32 Å².